The van der Waals surface area contributed by atoms with Gasteiger partial charge in [-0.15, -0.1) is 0 Å². The third kappa shape index (κ3) is 3.25. The van der Waals surface area contributed by atoms with E-state index in [4.69, 9.17) is 4.74 Å². The predicted molar refractivity (Wildman–Crippen MR) is 127 cm³/mol. The molecular weight excluding hydrogens is 469 g/mol. The zero-order valence-corrected chi connectivity index (χ0v) is 20.1. The van der Waals surface area contributed by atoms with Gasteiger partial charge >= 0.3 is 6.18 Å². The first-order valence-electron chi connectivity index (χ1n) is 12.3. The number of alkyl halides is 3. The van der Waals surface area contributed by atoms with E-state index in [1.54, 1.807) is 18.0 Å². The summed E-state index contributed by atoms with van der Waals surface area (Å²) in [6, 6.07) is 8.16. The van der Waals surface area contributed by atoms with Crippen LogP contribution >= 0.6 is 0 Å². The van der Waals surface area contributed by atoms with E-state index >= 15 is 0 Å². The maximum atomic E-state index is 13.1. The first kappa shape index (κ1) is 23.2. The molecule has 1 saturated heterocycles. The topological polar surface area (TPSA) is 53.0 Å². The fourth-order valence-corrected chi connectivity index (χ4v) is 7.23. The fourth-order valence-electron chi connectivity index (χ4n) is 7.23. The molecule has 188 valence electrons. The van der Waals surface area contributed by atoms with Crippen molar-refractivity contribution < 1.29 is 27.8 Å². The van der Waals surface area contributed by atoms with Crippen LogP contribution in [0.2, 0.25) is 0 Å². The number of halogens is 3. The molecule has 0 unspecified atom stereocenters. The van der Waals surface area contributed by atoms with Crippen LogP contribution in [0.5, 0.6) is 11.5 Å². The minimum Gasteiger partial charge on any atom is -0.508 e. The van der Waals surface area contributed by atoms with Crippen LogP contribution in [0.25, 0.3) is 0 Å². The van der Waals surface area contributed by atoms with Crippen LogP contribution < -0.4 is 4.74 Å². The Balaban J connectivity index is 1.30. The molecule has 5 nitrogen and oxygen atoms in total. The van der Waals surface area contributed by atoms with Gasteiger partial charge < -0.3 is 19.6 Å². The lowest BCUT2D eigenvalue weighted by Crippen LogP contribution is -2.68. The van der Waals surface area contributed by atoms with Crippen LogP contribution in [0.4, 0.5) is 13.2 Å². The van der Waals surface area contributed by atoms with Crippen molar-refractivity contribution in [1.82, 2.24) is 9.80 Å². The van der Waals surface area contributed by atoms with Gasteiger partial charge in [-0.2, -0.15) is 13.2 Å². The number of aromatic hydroxyl groups is 1. The number of ether oxygens (including phenoxy) is 1. The summed E-state index contributed by atoms with van der Waals surface area (Å²) < 4.78 is 45.0. The van der Waals surface area contributed by atoms with Gasteiger partial charge in [-0.25, -0.2) is 0 Å². The number of piperidine rings is 1. The van der Waals surface area contributed by atoms with Gasteiger partial charge in [0.1, 0.15) is 17.6 Å². The molecule has 1 N–H and O–H groups in total. The molecule has 5 atom stereocenters. The molecule has 2 aromatic rings. The Morgan fingerprint density at radius 3 is 2.67 bits per heavy atom. The number of nitrogens with zero attached hydrogens (tertiary/aromatic N) is 2. The zero-order chi connectivity index (χ0) is 25.4. The van der Waals surface area contributed by atoms with E-state index in [2.05, 4.69) is 23.8 Å². The highest BCUT2D eigenvalue weighted by Gasteiger charge is 2.66. The molecule has 1 spiro atoms. The largest absolute Gasteiger partial charge is 0.508 e. The summed E-state index contributed by atoms with van der Waals surface area (Å²) in [5, 5.41) is 10.7. The Bertz CT molecular complexity index is 1300. The monoisotopic (exact) mass is 496 g/mol. The van der Waals surface area contributed by atoms with Crippen molar-refractivity contribution in [3.63, 3.8) is 0 Å². The SMILES string of the molecule is CN1CC[C@@]23c4c5ccc(O)c4C[C@@H]1[C@@H]2CC[C@@H](N(C)C(=O)C#Cc1ccc(C(F)(F)F)cc1)[C@@H]3O5. The van der Waals surface area contributed by atoms with Gasteiger partial charge in [-0.05, 0) is 81.6 Å². The maximum Gasteiger partial charge on any atom is 0.416 e. The van der Waals surface area contributed by atoms with Gasteiger partial charge in [0.15, 0.2) is 0 Å². The molecule has 2 aliphatic heterocycles. The second-order valence-corrected chi connectivity index (χ2v) is 10.5. The van der Waals surface area contributed by atoms with Crippen molar-refractivity contribution in [2.24, 2.45) is 5.92 Å². The highest BCUT2D eigenvalue weighted by molar-refractivity contribution is 5.94. The third-order valence-corrected chi connectivity index (χ3v) is 8.93. The quantitative estimate of drug-likeness (QED) is 0.608. The average molecular weight is 497 g/mol. The second kappa shape index (κ2) is 7.91. The summed E-state index contributed by atoms with van der Waals surface area (Å²) in [5.41, 5.74) is 1.45. The van der Waals surface area contributed by atoms with E-state index in [-0.39, 0.29) is 17.6 Å². The van der Waals surface area contributed by atoms with Crippen molar-refractivity contribution in [3.8, 4) is 23.3 Å². The second-order valence-electron chi connectivity index (χ2n) is 10.5. The van der Waals surface area contributed by atoms with E-state index < -0.39 is 17.6 Å². The molecule has 0 radical (unpaired) electrons. The van der Waals surface area contributed by atoms with Crippen molar-refractivity contribution in [3.05, 3.63) is 58.7 Å². The lowest BCUT2D eigenvalue weighted by atomic mass is 9.51. The number of benzene rings is 2. The van der Waals surface area contributed by atoms with E-state index in [0.29, 0.717) is 23.3 Å². The van der Waals surface area contributed by atoms with Gasteiger partial charge in [-0.3, -0.25) is 4.79 Å². The number of rotatable bonds is 1. The van der Waals surface area contributed by atoms with Crippen molar-refractivity contribution in [1.29, 1.82) is 0 Å². The Hall–Kier alpha value is -3.18. The highest BCUT2D eigenvalue weighted by Crippen LogP contribution is 2.63. The molecular formula is C28H27F3N2O3. The first-order chi connectivity index (χ1) is 17.1. The Kier molecular flexibility index (Phi) is 5.10. The Morgan fingerprint density at radius 2 is 1.94 bits per heavy atom. The van der Waals surface area contributed by atoms with Crippen LogP contribution in [0, 0.1) is 17.8 Å². The van der Waals surface area contributed by atoms with Gasteiger partial charge in [0.2, 0.25) is 0 Å². The van der Waals surface area contributed by atoms with Crippen molar-refractivity contribution >= 4 is 5.91 Å². The Morgan fingerprint density at radius 1 is 1.19 bits per heavy atom. The molecule has 2 fully saturated rings. The van der Waals surface area contributed by atoms with Gasteiger partial charge in [0.05, 0.1) is 11.6 Å². The maximum absolute atomic E-state index is 13.1. The minimum atomic E-state index is -4.41. The molecule has 36 heavy (non-hydrogen) atoms. The molecule has 2 bridgehead atoms. The average Bonchev–Trinajstić information content (AvgIpc) is 3.19. The number of phenols is 1. The number of likely N-dealkylation sites (tertiary alicyclic amines) is 1. The van der Waals surface area contributed by atoms with Crippen LogP contribution in [0.1, 0.15) is 41.5 Å². The molecule has 8 heteroatoms. The molecule has 6 rings (SSSR count). The third-order valence-electron chi connectivity index (χ3n) is 8.93. The predicted octanol–water partition coefficient (Wildman–Crippen LogP) is 3.96. The van der Waals surface area contributed by atoms with Gasteiger partial charge in [0.25, 0.3) is 5.91 Å². The number of carbonyl (C=O) groups is 1. The summed E-state index contributed by atoms with van der Waals surface area (Å²) >= 11 is 0. The van der Waals surface area contributed by atoms with E-state index in [1.165, 1.54) is 12.1 Å². The number of amides is 1. The van der Waals surface area contributed by atoms with Crippen LogP contribution in [0.15, 0.2) is 36.4 Å². The molecule has 2 heterocycles. The lowest BCUT2D eigenvalue weighted by molar-refractivity contribution is -0.137. The van der Waals surface area contributed by atoms with Gasteiger partial charge in [0, 0.05) is 41.1 Å². The summed E-state index contributed by atoms with van der Waals surface area (Å²) in [6.45, 7) is 0.924. The number of phenolic OH excluding ortho intramolecular Hbond substituents is 1. The smallest absolute Gasteiger partial charge is 0.416 e. The number of hydrogen-bond donors (Lipinski definition) is 1. The van der Waals surface area contributed by atoms with Crippen LogP contribution in [0.3, 0.4) is 0 Å². The summed E-state index contributed by atoms with van der Waals surface area (Å²) in [4.78, 5) is 17.1. The summed E-state index contributed by atoms with van der Waals surface area (Å²) in [7, 11) is 3.87. The zero-order valence-electron chi connectivity index (χ0n) is 20.1. The van der Waals surface area contributed by atoms with E-state index in [1.807, 2.05) is 6.07 Å². The first-order valence-corrected chi connectivity index (χ1v) is 12.3. The van der Waals surface area contributed by atoms with Crippen molar-refractivity contribution in [2.75, 3.05) is 20.6 Å². The fraction of sp³-hybridized carbons (Fsp3) is 0.464. The molecule has 2 aromatic carbocycles. The standard InChI is InChI=1S/C28H27F3N2O3/c1-32-14-13-27-19-8-9-20(26(27)36-23-11-10-22(34)18(25(23)27)15-21(19)32)33(2)24(35)12-5-16-3-6-17(7-4-16)28(29,30)31/h3-4,6-7,10-11,19-21,26,34H,8-9,13-15H2,1-2H3/t19-,20+,21+,26-,27-/m0/s1. The summed E-state index contributed by atoms with van der Waals surface area (Å²) in [6.07, 6.45) is -1.23. The number of carbonyl (C=O) groups excluding carboxylic acids is 1. The lowest BCUT2D eigenvalue weighted by Gasteiger charge is -2.59. The number of likely N-dealkylation sites (N-methyl/N-ethyl adjacent to an activating group) is 2. The van der Waals surface area contributed by atoms with E-state index in [0.717, 1.165) is 61.2 Å². The van der Waals surface area contributed by atoms with Gasteiger partial charge in [-0.1, -0.05) is 5.92 Å². The summed E-state index contributed by atoms with van der Waals surface area (Å²) in [5.74, 6) is 6.44. The molecule has 2 aliphatic carbocycles. The Labute approximate surface area is 207 Å². The number of hydrogen-bond acceptors (Lipinski definition) is 4. The van der Waals surface area contributed by atoms with Crippen LogP contribution in [-0.4, -0.2) is 59.6 Å². The highest BCUT2D eigenvalue weighted by atomic mass is 19.4. The minimum absolute atomic E-state index is 0.194. The molecule has 1 amide bonds. The van der Waals surface area contributed by atoms with Crippen LogP contribution in [-0.2, 0) is 22.8 Å². The van der Waals surface area contributed by atoms with E-state index in [9.17, 15) is 23.1 Å². The molecule has 1 saturated carbocycles. The molecule has 4 aliphatic rings. The van der Waals surface area contributed by atoms with Crippen molar-refractivity contribution in [2.45, 2.75) is 55.5 Å². The molecule has 0 aromatic heterocycles. The normalized spacial score (nSPS) is 30.0.